The highest BCUT2D eigenvalue weighted by Crippen LogP contribution is 2.26. The van der Waals surface area contributed by atoms with Gasteiger partial charge in [0.2, 0.25) is 22.4 Å². The van der Waals surface area contributed by atoms with Gasteiger partial charge in [-0.1, -0.05) is 54.5 Å². The Morgan fingerprint density at radius 1 is 1.09 bits per heavy atom. The van der Waals surface area contributed by atoms with Crippen molar-refractivity contribution in [3.8, 4) is 0 Å². The molecule has 2 atom stereocenters. The van der Waals surface area contributed by atoms with Gasteiger partial charge < -0.3 is 31.0 Å². The van der Waals surface area contributed by atoms with E-state index < -0.39 is 46.1 Å². The van der Waals surface area contributed by atoms with Crippen LogP contribution in [-0.2, 0) is 29.4 Å². The lowest BCUT2D eigenvalue weighted by molar-refractivity contribution is -0.162. The van der Waals surface area contributed by atoms with E-state index in [0.29, 0.717) is 11.1 Å². The molecule has 0 spiro atoms. The molecule has 0 bridgehead atoms. The van der Waals surface area contributed by atoms with Gasteiger partial charge in [0.25, 0.3) is 5.91 Å². The lowest BCUT2D eigenvalue weighted by Crippen LogP contribution is -2.50. The van der Waals surface area contributed by atoms with E-state index >= 15 is 0 Å². The molecule has 43 heavy (non-hydrogen) atoms. The number of carbonyl (C=O) groups excluding carboxylic acids is 3. The third kappa shape index (κ3) is 7.13. The quantitative estimate of drug-likeness (QED) is 0.0561. The van der Waals surface area contributed by atoms with Crippen molar-refractivity contribution in [1.29, 1.82) is 0 Å². The highest BCUT2D eigenvalue weighted by molar-refractivity contribution is 7.76. The van der Waals surface area contributed by atoms with Crippen LogP contribution in [0.5, 0.6) is 0 Å². The number of ether oxygens (including phenoxy) is 1. The molecule has 15 heteroatoms. The summed E-state index contributed by atoms with van der Waals surface area (Å²) in [6, 6.07) is 12.4. The molecule has 4 rings (SSSR count). The predicted octanol–water partition coefficient (Wildman–Crippen LogP) is 0.710. The predicted molar refractivity (Wildman–Crippen MR) is 154 cm³/mol. The monoisotopic (exact) mass is 611 g/mol. The van der Waals surface area contributed by atoms with Gasteiger partial charge >= 0.3 is 5.97 Å². The number of oxime groups is 1. The fourth-order valence-corrected chi connectivity index (χ4v) is 5.46. The number of ketones is 1. The molecule has 0 aromatic heterocycles. The van der Waals surface area contributed by atoms with Crippen LogP contribution >= 0.6 is 0 Å². The smallest absolute Gasteiger partial charge is 0.354 e. The number of hydrogen-bond acceptors (Lipinski definition) is 10. The molecule has 0 aliphatic carbocycles. The third-order valence-electron chi connectivity index (χ3n) is 7.07. The van der Waals surface area contributed by atoms with Gasteiger partial charge in [0.15, 0.2) is 17.3 Å². The van der Waals surface area contributed by atoms with E-state index in [4.69, 9.17) is 15.7 Å². The number of piperidine rings is 1. The number of benzene rings is 2. The molecule has 2 aromatic rings. The van der Waals surface area contributed by atoms with Crippen LogP contribution in [0, 0.1) is 5.92 Å². The first kappa shape index (κ1) is 31.1. The zero-order valence-electron chi connectivity index (χ0n) is 23.0. The number of Topliss-reactive ketones (excluding diaryl/α,β-unsaturated/α-hetero) is 1. The van der Waals surface area contributed by atoms with Crippen LogP contribution < -0.4 is 11.1 Å². The van der Waals surface area contributed by atoms with Crippen LogP contribution in [0.2, 0.25) is 0 Å². The van der Waals surface area contributed by atoms with Crippen LogP contribution in [0.25, 0.3) is 0 Å². The van der Waals surface area contributed by atoms with Crippen LogP contribution in [0.3, 0.4) is 0 Å². The largest absolute Gasteiger partial charge is 0.478 e. The van der Waals surface area contributed by atoms with E-state index in [0.717, 1.165) is 0 Å². The maximum absolute atomic E-state index is 13.0. The number of nitrogens with one attached hydrogen (secondary N) is 1. The number of carbonyl (C=O) groups is 4. The Balaban J connectivity index is 1.30. The maximum atomic E-state index is 13.0. The van der Waals surface area contributed by atoms with E-state index in [1.165, 1.54) is 36.4 Å². The number of carboxylic acid groups (broad SMARTS) is 1. The summed E-state index contributed by atoms with van der Waals surface area (Å²) in [7, 11) is -2.80. The molecule has 2 aromatic carbocycles. The van der Waals surface area contributed by atoms with Crippen molar-refractivity contribution >= 4 is 56.0 Å². The molecule has 14 nitrogen and oxygen atoms in total. The standard InChI is InChI=1S/C28H29N5O9S/c1-15(14-21(34)16-6-8-17(9-7-16)24(29)32-39)27(36)33-12-10-18(11-13-33)42-26(28(37)38)31-25(35)22-23(43(40)41)19-4-2-3-5-20(19)30-22/h2-9,15,18,26,39H,10-14H2,1H3,(H2,29,32)(H,31,35)(H,37,38). The summed E-state index contributed by atoms with van der Waals surface area (Å²) >= 11 is 0. The summed E-state index contributed by atoms with van der Waals surface area (Å²) in [5, 5.41) is 23.5. The Morgan fingerprint density at radius 3 is 2.33 bits per heavy atom. The first-order valence-electron chi connectivity index (χ1n) is 13.2. The van der Waals surface area contributed by atoms with Crippen molar-refractivity contribution in [2.45, 2.75) is 38.5 Å². The Kier molecular flexibility index (Phi) is 9.67. The van der Waals surface area contributed by atoms with Gasteiger partial charge in [-0.3, -0.25) is 14.4 Å². The first-order valence-corrected chi connectivity index (χ1v) is 14.3. The number of hydrogen-bond donors (Lipinski definition) is 4. The molecule has 0 radical (unpaired) electrons. The Hall–Kier alpha value is -4.89. The number of aliphatic imine (C=N–C) groups is 1. The van der Waals surface area contributed by atoms with E-state index in [1.54, 1.807) is 24.0 Å². The minimum Gasteiger partial charge on any atom is -0.478 e. The third-order valence-corrected chi connectivity index (χ3v) is 7.82. The molecule has 2 heterocycles. The molecule has 226 valence electrons. The van der Waals surface area contributed by atoms with E-state index in [1.807, 2.05) is 0 Å². The second-order valence-electron chi connectivity index (χ2n) is 9.98. The molecule has 2 aliphatic rings. The fraction of sp³-hybridized carbons (Fsp3) is 0.321. The summed E-state index contributed by atoms with van der Waals surface area (Å²) in [6.07, 6.45) is -1.89. The highest BCUT2D eigenvalue weighted by Gasteiger charge is 2.34. The number of carboxylic acids is 1. The van der Waals surface area contributed by atoms with Crippen molar-refractivity contribution < 1.29 is 42.6 Å². The normalized spacial score (nSPS) is 16.6. The summed E-state index contributed by atoms with van der Waals surface area (Å²) in [5.74, 6) is -3.70. The van der Waals surface area contributed by atoms with Crippen molar-refractivity contribution in [1.82, 2.24) is 10.2 Å². The number of aliphatic carboxylic acids is 1. The molecular weight excluding hydrogens is 582 g/mol. The number of fused-ring (bicyclic) bond motifs is 1. The molecule has 5 N–H and O–H groups in total. The van der Waals surface area contributed by atoms with Crippen LogP contribution in [0.15, 0.2) is 58.7 Å². The lowest BCUT2D eigenvalue weighted by atomic mass is 9.96. The zero-order valence-corrected chi connectivity index (χ0v) is 23.8. The first-order chi connectivity index (χ1) is 20.5. The molecule has 1 saturated heterocycles. The number of nitrogens with two attached hydrogens (primary N) is 1. The van der Waals surface area contributed by atoms with Gasteiger partial charge in [-0.05, 0) is 18.9 Å². The summed E-state index contributed by atoms with van der Waals surface area (Å²) in [6.45, 7) is 2.13. The van der Waals surface area contributed by atoms with Gasteiger partial charge in [-0.15, -0.1) is 0 Å². The molecule has 2 unspecified atom stereocenters. The van der Waals surface area contributed by atoms with E-state index in [2.05, 4.69) is 15.5 Å². The van der Waals surface area contributed by atoms with Gasteiger partial charge in [0.1, 0.15) is 4.86 Å². The van der Waals surface area contributed by atoms with Gasteiger partial charge in [-0.25, -0.2) is 9.79 Å². The second kappa shape index (κ2) is 13.4. The molecule has 2 aliphatic heterocycles. The number of para-hydroxylation sites is 1. The Labute approximate surface area is 247 Å². The van der Waals surface area contributed by atoms with Crippen molar-refractivity contribution in [2.24, 2.45) is 21.8 Å². The number of rotatable bonds is 10. The summed E-state index contributed by atoms with van der Waals surface area (Å²) in [5.41, 5.74) is 6.42. The van der Waals surface area contributed by atoms with Gasteiger partial charge in [-0.2, -0.15) is 8.42 Å². The van der Waals surface area contributed by atoms with Crippen molar-refractivity contribution in [3.63, 3.8) is 0 Å². The van der Waals surface area contributed by atoms with Crippen LogP contribution in [0.1, 0.15) is 47.7 Å². The minimum absolute atomic E-state index is 0.0355. The molecule has 2 amide bonds. The number of amides is 2. The molecular formula is C28H29N5O9S. The Morgan fingerprint density at radius 2 is 1.72 bits per heavy atom. The highest BCUT2D eigenvalue weighted by atomic mass is 32.2. The number of amidine groups is 1. The SMILES string of the molecule is CC(CC(=O)c1ccc(/C(N)=N/O)cc1)C(=O)N1CCC(OC(NC(=O)C2=Nc3ccccc3C2=S(=O)=O)C(=O)O)CC1. The average Bonchev–Trinajstić information content (AvgIpc) is 3.40. The Bertz CT molecular complexity index is 1630. The summed E-state index contributed by atoms with van der Waals surface area (Å²) < 4.78 is 29.3. The van der Waals surface area contributed by atoms with Gasteiger partial charge in [0, 0.05) is 42.1 Å². The van der Waals surface area contributed by atoms with Crippen LogP contribution in [-0.4, -0.2) is 89.0 Å². The zero-order chi connectivity index (χ0) is 31.3. The summed E-state index contributed by atoms with van der Waals surface area (Å²) in [4.78, 5) is 55.7. The lowest BCUT2D eigenvalue weighted by Gasteiger charge is -2.34. The van der Waals surface area contributed by atoms with Crippen molar-refractivity contribution in [2.75, 3.05) is 13.1 Å². The van der Waals surface area contributed by atoms with E-state index in [-0.39, 0.29) is 66.0 Å². The van der Waals surface area contributed by atoms with Crippen molar-refractivity contribution in [3.05, 3.63) is 65.2 Å². The minimum atomic E-state index is -2.80. The average molecular weight is 612 g/mol. The van der Waals surface area contributed by atoms with Crippen LogP contribution in [0.4, 0.5) is 5.69 Å². The maximum Gasteiger partial charge on any atom is 0.354 e. The van der Waals surface area contributed by atoms with Gasteiger partial charge in [0.05, 0.1) is 11.8 Å². The number of nitrogens with zero attached hydrogens (tertiary/aromatic N) is 3. The number of likely N-dealkylation sites (tertiary alicyclic amines) is 1. The topological polar surface area (TPSA) is 218 Å². The molecule has 0 saturated carbocycles. The second-order valence-corrected chi connectivity index (χ2v) is 10.9. The van der Waals surface area contributed by atoms with E-state index in [9.17, 15) is 32.7 Å². The fourth-order valence-electron chi connectivity index (χ4n) is 4.81. The molecule has 1 fully saturated rings.